The highest BCUT2D eigenvalue weighted by Crippen LogP contribution is 2.28. The number of nitrogens with zero attached hydrogens (tertiary/aromatic N) is 2. The normalized spacial score (nSPS) is 17.0. The Morgan fingerprint density at radius 1 is 1.46 bits per heavy atom. The Kier molecular flexibility index (Phi) is 6.70. The molecule has 0 aliphatic carbocycles. The zero-order chi connectivity index (χ0) is 17.7. The van der Waals surface area contributed by atoms with Crippen LogP contribution in [0.1, 0.15) is 18.5 Å². The molecule has 132 valence electrons. The summed E-state index contributed by atoms with van der Waals surface area (Å²) in [6, 6.07) is 3.48. The Labute approximate surface area is 148 Å². The molecule has 1 aliphatic heterocycles. The first kappa shape index (κ1) is 18.8. The first-order valence-electron chi connectivity index (χ1n) is 7.72. The number of aliphatic hydroxyl groups is 1. The van der Waals surface area contributed by atoms with Crippen LogP contribution in [0.4, 0.5) is 4.39 Å². The molecule has 1 amide bonds. The van der Waals surface area contributed by atoms with Crippen molar-refractivity contribution in [1.82, 2.24) is 9.80 Å². The summed E-state index contributed by atoms with van der Waals surface area (Å²) >= 11 is 3.19. The summed E-state index contributed by atoms with van der Waals surface area (Å²) in [5.74, 6) is -1.32. The van der Waals surface area contributed by atoms with Crippen molar-refractivity contribution in [1.29, 1.82) is 0 Å². The van der Waals surface area contributed by atoms with Crippen molar-refractivity contribution in [2.75, 3.05) is 39.4 Å². The third-order valence-corrected chi connectivity index (χ3v) is 4.34. The number of rotatable bonds is 6. The predicted octanol–water partition coefficient (Wildman–Crippen LogP) is 1.33. The molecule has 1 atom stereocenters. The molecule has 0 spiro atoms. The number of piperazine rings is 1. The van der Waals surface area contributed by atoms with Gasteiger partial charge in [0, 0.05) is 29.7 Å². The summed E-state index contributed by atoms with van der Waals surface area (Å²) in [5, 5.41) is 8.97. The predicted molar refractivity (Wildman–Crippen MR) is 88.7 cm³/mol. The smallest absolute Gasteiger partial charge is 0.328 e. The number of hydrogen-bond acceptors (Lipinski definition) is 5. The minimum atomic E-state index is -0.974. The fraction of sp³-hybridized carbons (Fsp3) is 0.500. The van der Waals surface area contributed by atoms with Crippen molar-refractivity contribution in [2.45, 2.75) is 13.0 Å². The maximum Gasteiger partial charge on any atom is 0.328 e. The number of aliphatic hydroxyl groups excluding tert-OH is 1. The van der Waals surface area contributed by atoms with E-state index in [2.05, 4.69) is 15.9 Å². The van der Waals surface area contributed by atoms with Gasteiger partial charge in [0.05, 0.1) is 19.8 Å². The minimum absolute atomic E-state index is 0.0288. The molecular formula is C16H20BrFN2O4. The quantitative estimate of drug-likeness (QED) is 0.726. The van der Waals surface area contributed by atoms with Crippen molar-refractivity contribution in [3.05, 3.63) is 34.1 Å². The molecule has 0 radical (unpaired) electrons. The zero-order valence-corrected chi connectivity index (χ0v) is 15.0. The van der Waals surface area contributed by atoms with Gasteiger partial charge in [-0.3, -0.25) is 9.69 Å². The highest BCUT2D eigenvalue weighted by Gasteiger charge is 2.36. The lowest BCUT2D eigenvalue weighted by molar-refractivity contribution is -0.153. The van der Waals surface area contributed by atoms with Crippen molar-refractivity contribution >= 4 is 27.8 Å². The maximum atomic E-state index is 14.4. The number of carbonyl (C=O) groups excluding carboxylic acids is 2. The van der Waals surface area contributed by atoms with Gasteiger partial charge in [-0.05, 0) is 19.1 Å². The van der Waals surface area contributed by atoms with Crippen LogP contribution in [0.2, 0.25) is 0 Å². The SMILES string of the molecule is CCOC(=O)[C@H](c1ccc(Br)cc1F)N1CCN(CCO)C(=O)C1. The maximum absolute atomic E-state index is 14.4. The van der Waals surface area contributed by atoms with E-state index in [-0.39, 0.29) is 37.8 Å². The number of carbonyl (C=O) groups is 2. The molecule has 0 bridgehead atoms. The largest absolute Gasteiger partial charge is 0.465 e. The van der Waals surface area contributed by atoms with Gasteiger partial charge in [0.2, 0.25) is 5.91 Å². The number of amides is 1. The molecule has 1 saturated heterocycles. The molecule has 1 aliphatic rings. The molecule has 8 heteroatoms. The van der Waals surface area contributed by atoms with Crippen LogP contribution in [0.15, 0.2) is 22.7 Å². The standard InChI is InChI=1S/C16H20BrFN2O4/c1-2-24-16(23)15(12-4-3-11(17)9-13(12)18)20-6-5-19(7-8-21)14(22)10-20/h3-4,9,15,21H,2,5-8,10H2,1H3/t15-/m0/s1. The topological polar surface area (TPSA) is 70.1 Å². The van der Waals surface area contributed by atoms with Crippen LogP contribution < -0.4 is 0 Å². The minimum Gasteiger partial charge on any atom is -0.465 e. The van der Waals surface area contributed by atoms with E-state index < -0.39 is 17.8 Å². The summed E-state index contributed by atoms with van der Waals surface area (Å²) in [6.07, 6.45) is 0. The van der Waals surface area contributed by atoms with Gasteiger partial charge in [0.1, 0.15) is 11.9 Å². The molecule has 6 nitrogen and oxygen atoms in total. The molecule has 1 N–H and O–H groups in total. The van der Waals surface area contributed by atoms with Gasteiger partial charge in [0.25, 0.3) is 0 Å². The molecule has 0 aromatic heterocycles. The lowest BCUT2D eigenvalue weighted by Gasteiger charge is -2.37. The molecule has 1 heterocycles. The van der Waals surface area contributed by atoms with Crippen molar-refractivity contribution in [3.63, 3.8) is 0 Å². The van der Waals surface area contributed by atoms with Crippen molar-refractivity contribution in [2.24, 2.45) is 0 Å². The zero-order valence-electron chi connectivity index (χ0n) is 13.4. The summed E-state index contributed by atoms with van der Waals surface area (Å²) in [6.45, 7) is 2.72. The van der Waals surface area contributed by atoms with Crippen LogP contribution >= 0.6 is 15.9 Å². The molecular weight excluding hydrogens is 383 g/mol. The molecule has 2 rings (SSSR count). The van der Waals surface area contributed by atoms with E-state index in [0.29, 0.717) is 17.6 Å². The van der Waals surface area contributed by atoms with Crippen LogP contribution in [0, 0.1) is 5.82 Å². The molecule has 1 fully saturated rings. The summed E-state index contributed by atoms with van der Waals surface area (Å²) in [7, 11) is 0. The Morgan fingerprint density at radius 2 is 2.21 bits per heavy atom. The Bertz CT molecular complexity index is 614. The number of esters is 1. The van der Waals surface area contributed by atoms with E-state index in [1.165, 1.54) is 17.0 Å². The number of halogens is 2. The average molecular weight is 403 g/mol. The van der Waals surface area contributed by atoms with E-state index in [1.807, 2.05) is 0 Å². The highest BCUT2D eigenvalue weighted by atomic mass is 79.9. The third kappa shape index (κ3) is 4.31. The van der Waals surface area contributed by atoms with Gasteiger partial charge in [-0.1, -0.05) is 22.0 Å². The highest BCUT2D eigenvalue weighted by molar-refractivity contribution is 9.10. The number of ether oxygens (including phenoxy) is 1. The second kappa shape index (κ2) is 8.55. The summed E-state index contributed by atoms with van der Waals surface area (Å²) in [4.78, 5) is 27.7. The van der Waals surface area contributed by atoms with Gasteiger partial charge < -0.3 is 14.7 Å². The summed E-state index contributed by atoms with van der Waals surface area (Å²) in [5.41, 5.74) is 0.181. The second-order valence-corrected chi connectivity index (χ2v) is 6.31. The van der Waals surface area contributed by atoms with Gasteiger partial charge >= 0.3 is 5.97 Å². The Morgan fingerprint density at radius 3 is 2.79 bits per heavy atom. The van der Waals surface area contributed by atoms with E-state index in [9.17, 15) is 14.0 Å². The molecule has 0 unspecified atom stereocenters. The van der Waals surface area contributed by atoms with Crippen molar-refractivity contribution in [3.8, 4) is 0 Å². The van der Waals surface area contributed by atoms with E-state index in [4.69, 9.17) is 9.84 Å². The Balaban J connectivity index is 2.27. The van der Waals surface area contributed by atoms with E-state index in [1.54, 1.807) is 17.9 Å². The Hall–Kier alpha value is -1.51. The van der Waals surface area contributed by atoms with Crippen LogP contribution in [-0.4, -0.2) is 66.2 Å². The van der Waals surface area contributed by atoms with Crippen LogP contribution in [0.5, 0.6) is 0 Å². The van der Waals surface area contributed by atoms with Crippen LogP contribution in [0.3, 0.4) is 0 Å². The second-order valence-electron chi connectivity index (χ2n) is 5.40. The van der Waals surface area contributed by atoms with Crippen LogP contribution in [0.25, 0.3) is 0 Å². The van der Waals surface area contributed by atoms with Gasteiger partial charge in [-0.15, -0.1) is 0 Å². The van der Waals surface area contributed by atoms with E-state index in [0.717, 1.165) is 0 Å². The fourth-order valence-corrected chi connectivity index (χ4v) is 3.05. The molecule has 1 aromatic carbocycles. The lowest BCUT2D eigenvalue weighted by atomic mass is 10.0. The number of hydrogen-bond donors (Lipinski definition) is 1. The van der Waals surface area contributed by atoms with Crippen LogP contribution in [-0.2, 0) is 14.3 Å². The molecule has 24 heavy (non-hydrogen) atoms. The first-order valence-corrected chi connectivity index (χ1v) is 8.51. The van der Waals surface area contributed by atoms with Gasteiger partial charge in [0.15, 0.2) is 0 Å². The van der Waals surface area contributed by atoms with Gasteiger partial charge in [-0.2, -0.15) is 0 Å². The molecule has 0 saturated carbocycles. The van der Waals surface area contributed by atoms with Gasteiger partial charge in [-0.25, -0.2) is 9.18 Å². The van der Waals surface area contributed by atoms with Crippen molar-refractivity contribution < 1.29 is 23.8 Å². The fourth-order valence-electron chi connectivity index (χ4n) is 2.72. The monoisotopic (exact) mass is 402 g/mol. The number of benzene rings is 1. The third-order valence-electron chi connectivity index (χ3n) is 3.85. The first-order chi connectivity index (χ1) is 11.5. The average Bonchev–Trinajstić information content (AvgIpc) is 2.53. The molecule has 1 aromatic rings. The number of β-amino-alcohol motifs (C(OH)–C–C–N with tert-alkyl or cyclic N) is 1. The summed E-state index contributed by atoms with van der Waals surface area (Å²) < 4.78 is 20.0. The van der Waals surface area contributed by atoms with E-state index >= 15 is 0 Å². The lowest BCUT2D eigenvalue weighted by Crippen LogP contribution is -2.53.